The van der Waals surface area contributed by atoms with Gasteiger partial charge in [0.15, 0.2) is 5.65 Å². The Morgan fingerprint density at radius 3 is 3.30 bits per heavy atom. The zero-order chi connectivity index (χ0) is 6.97. The lowest BCUT2D eigenvalue weighted by atomic mass is 10.5. The molecular formula is C6H6N4. The highest BCUT2D eigenvalue weighted by Crippen LogP contribution is 1.94. The van der Waals surface area contributed by atoms with Gasteiger partial charge in [-0.1, -0.05) is 0 Å². The molecule has 2 aromatic rings. The summed E-state index contributed by atoms with van der Waals surface area (Å²) in [6.45, 7) is 1.88. The van der Waals surface area contributed by atoms with E-state index in [0.717, 1.165) is 11.3 Å². The smallest absolute Gasteiger partial charge is 0.175 e. The third-order valence-electron chi connectivity index (χ3n) is 1.24. The molecule has 0 aliphatic heterocycles. The van der Waals surface area contributed by atoms with Crippen molar-refractivity contribution in [2.75, 3.05) is 0 Å². The number of nitrogens with zero attached hydrogens (tertiary/aromatic N) is 4. The van der Waals surface area contributed by atoms with E-state index in [0.29, 0.717) is 0 Å². The number of rotatable bonds is 0. The maximum atomic E-state index is 4.08. The highest BCUT2D eigenvalue weighted by molar-refractivity contribution is 5.32. The van der Waals surface area contributed by atoms with Crippen LogP contribution in [-0.4, -0.2) is 19.8 Å². The molecule has 2 aromatic heterocycles. The molecule has 0 saturated carbocycles. The lowest BCUT2D eigenvalue weighted by molar-refractivity contribution is 0.763. The number of hydrogen-bond acceptors (Lipinski definition) is 3. The van der Waals surface area contributed by atoms with Crippen molar-refractivity contribution >= 4 is 5.65 Å². The van der Waals surface area contributed by atoms with Crippen LogP contribution in [0.4, 0.5) is 0 Å². The zero-order valence-electron chi connectivity index (χ0n) is 5.52. The second-order valence-corrected chi connectivity index (χ2v) is 2.08. The summed E-state index contributed by atoms with van der Waals surface area (Å²) in [5, 5.41) is 8.00. The molecule has 0 aromatic carbocycles. The Morgan fingerprint density at radius 1 is 1.50 bits per heavy atom. The van der Waals surface area contributed by atoms with Crippen LogP contribution in [0.5, 0.6) is 0 Å². The highest BCUT2D eigenvalue weighted by Gasteiger charge is 1.93. The molecule has 0 aliphatic rings. The van der Waals surface area contributed by atoms with Gasteiger partial charge in [0.2, 0.25) is 0 Å². The number of hydrogen-bond donors (Lipinski definition) is 0. The molecular weight excluding hydrogens is 128 g/mol. The summed E-state index contributed by atoms with van der Waals surface area (Å²) in [5.74, 6) is 0. The van der Waals surface area contributed by atoms with Gasteiger partial charge in [-0.2, -0.15) is 10.2 Å². The van der Waals surface area contributed by atoms with E-state index < -0.39 is 0 Å². The van der Waals surface area contributed by atoms with Gasteiger partial charge in [0.1, 0.15) is 0 Å². The van der Waals surface area contributed by atoms with Crippen molar-refractivity contribution in [2.24, 2.45) is 0 Å². The van der Waals surface area contributed by atoms with Crippen molar-refractivity contribution in [3.8, 4) is 0 Å². The average molecular weight is 134 g/mol. The number of fused-ring (bicyclic) bond motifs is 1. The number of aryl methyl sites for hydroxylation is 1. The molecule has 10 heavy (non-hydrogen) atoms. The Hall–Kier alpha value is -1.45. The molecule has 4 nitrogen and oxygen atoms in total. The topological polar surface area (TPSA) is 43.1 Å². The molecule has 0 atom stereocenters. The SMILES string of the molecule is Cc1cnc2ccnn2n1. The Morgan fingerprint density at radius 2 is 2.40 bits per heavy atom. The third-order valence-corrected chi connectivity index (χ3v) is 1.24. The fraction of sp³-hybridized carbons (Fsp3) is 0.167. The predicted molar refractivity (Wildman–Crippen MR) is 35.5 cm³/mol. The maximum Gasteiger partial charge on any atom is 0.175 e. The second-order valence-electron chi connectivity index (χ2n) is 2.08. The molecule has 0 N–H and O–H groups in total. The van der Waals surface area contributed by atoms with Crippen LogP contribution in [0.2, 0.25) is 0 Å². The number of aromatic nitrogens is 4. The van der Waals surface area contributed by atoms with Gasteiger partial charge in [-0.05, 0) is 6.92 Å². The first-order valence-corrected chi connectivity index (χ1v) is 3.00. The first-order valence-electron chi connectivity index (χ1n) is 3.00. The van der Waals surface area contributed by atoms with E-state index in [2.05, 4.69) is 15.2 Å². The summed E-state index contributed by atoms with van der Waals surface area (Å²) in [7, 11) is 0. The Labute approximate surface area is 57.5 Å². The predicted octanol–water partition coefficient (Wildman–Crippen LogP) is 0.433. The van der Waals surface area contributed by atoms with Gasteiger partial charge in [0, 0.05) is 6.07 Å². The van der Waals surface area contributed by atoms with Crippen LogP contribution in [-0.2, 0) is 0 Å². The van der Waals surface area contributed by atoms with Crippen molar-refractivity contribution in [3.05, 3.63) is 24.2 Å². The van der Waals surface area contributed by atoms with Crippen molar-refractivity contribution in [3.63, 3.8) is 0 Å². The molecule has 0 saturated heterocycles. The summed E-state index contributed by atoms with van der Waals surface area (Å²) >= 11 is 0. The third kappa shape index (κ3) is 0.655. The minimum Gasteiger partial charge on any atom is -0.234 e. The van der Waals surface area contributed by atoms with E-state index in [1.54, 1.807) is 12.4 Å². The normalized spacial score (nSPS) is 10.5. The quantitative estimate of drug-likeness (QED) is 0.524. The fourth-order valence-corrected chi connectivity index (χ4v) is 0.795. The van der Waals surface area contributed by atoms with Gasteiger partial charge in [0.25, 0.3) is 0 Å². The Bertz CT molecular complexity index is 351. The highest BCUT2D eigenvalue weighted by atomic mass is 15.4. The van der Waals surface area contributed by atoms with E-state index in [9.17, 15) is 0 Å². The van der Waals surface area contributed by atoms with Crippen molar-refractivity contribution in [1.82, 2.24) is 19.8 Å². The summed E-state index contributed by atoms with van der Waals surface area (Å²) in [6, 6.07) is 1.81. The molecule has 0 fully saturated rings. The van der Waals surface area contributed by atoms with Gasteiger partial charge in [-0.15, -0.1) is 4.63 Å². The van der Waals surface area contributed by atoms with Gasteiger partial charge in [0.05, 0.1) is 18.1 Å². The summed E-state index contributed by atoms with van der Waals surface area (Å²) in [6.07, 6.45) is 3.39. The van der Waals surface area contributed by atoms with Crippen LogP contribution >= 0.6 is 0 Å². The van der Waals surface area contributed by atoms with Crippen LogP contribution in [0.1, 0.15) is 5.69 Å². The average Bonchev–Trinajstić information content (AvgIpc) is 2.33. The molecule has 0 spiro atoms. The first-order chi connectivity index (χ1) is 4.86. The second kappa shape index (κ2) is 1.76. The molecule has 50 valence electrons. The van der Waals surface area contributed by atoms with Crippen molar-refractivity contribution in [1.29, 1.82) is 0 Å². The minimum absolute atomic E-state index is 0.783. The van der Waals surface area contributed by atoms with Crippen LogP contribution in [0, 0.1) is 6.92 Å². The van der Waals surface area contributed by atoms with E-state index in [1.165, 1.54) is 4.63 Å². The molecule has 2 rings (SSSR count). The van der Waals surface area contributed by atoms with Gasteiger partial charge >= 0.3 is 0 Å². The summed E-state index contributed by atoms with van der Waals surface area (Å²) in [4.78, 5) is 4.08. The zero-order valence-corrected chi connectivity index (χ0v) is 5.52. The summed E-state index contributed by atoms with van der Waals surface area (Å²) in [5.41, 5.74) is 1.65. The molecule has 0 amide bonds. The van der Waals surface area contributed by atoms with E-state index in [-0.39, 0.29) is 0 Å². The summed E-state index contributed by atoms with van der Waals surface area (Å²) < 4.78 is 1.51. The van der Waals surface area contributed by atoms with Crippen LogP contribution in [0.25, 0.3) is 5.65 Å². The lowest BCUT2D eigenvalue weighted by Gasteiger charge is -1.90. The molecule has 2 heterocycles. The van der Waals surface area contributed by atoms with E-state index in [4.69, 9.17) is 0 Å². The van der Waals surface area contributed by atoms with Gasteiger partial charge in [-0.25, -0.2) is 4.98 Å². The van der Waals surface area contributed by atoms with E-state index in [1.807, 2.05) is 13.0 Å². The molecule has 4 heteroatoms. The largest absolute Gasteiger partial charge is 0.234 e. The van der Waals surface area contributed by atoms with Gasteiger partial charge in [-0.3, -0.25) is 0 Å². The molecule has 0 bridgehead atoms. The van der Waals surface area contributed by atoms with Crippen molar-refractivity contribution in [2.45, 2.75) is 6.92 Å². The van der Waals surface area contributed by atoms with Crippen LogP contribution < -0.4 is 0 Å². The minimum atomic E-state index is 0.783. The molecule has 0 aliphatic carbocycles. The molecule has 0 unspecified atom stereocenters. The van der Waals surface area contributed by atoms with Crippen LogP contribution in [0.15, 0.2) is 18.5 Å². The lowest BCUT2D eigenvalue weighted by Crippen LogP contribution is -1.96. The Kier molecular flexibility index (Phi) is 0.943. The van der Waals surface area contributed by atoms with Gasteiger partial charge < -0.3 is 0 Å². The standard InChI is InChI=1S/C6H6N4/c1-5-4-7-6-2-3-8-10(6)9-5/h2-4H,1H3. The first kappa shape index (κ1) is 5.34. The monoisotopic (exact) mass is 134 g/mol. The molecule has 0 radical (unpaired) electrons. The fourth-order valence-electron chi connectivity index (χ4n) is 0.795. The van der Waals surface area contributed by atoms with Crippen molar-refractivity contribution < 1.29 is 0 Å². The van der Waals surface area contributed by atoms with Crippen LogP contribution in [0.3, 0.4) is 0 Å². The maximum absolute atomic E-state index is 4.08. The van der Waals surface area contributed by atoms with E-state index >= 15 is 0 Å². The Balaban J connectivity index is 2.86.